The molecule has 126 valence electrons. The fraction of sp³-hybridized carbons (Fsp3) is 0.500. The number of hydrogen-bond acceptors (Lipinski definition) is 4. The molecule has 23 heavy (non-hydrogen) atoms. The van der Waals surface area contributed by atoms with E-state index in [1.54, 1.807) is 0 Å². The number of alkyl halides is 3. The monoisotopic (exact) mass is 331 g/mol. The quantitative estimate of drug-likeness (QED) is 0.678. The summed E-state index contributed by atoms with van der Waals surface area (Å²) in [7, 11) is 0. The van der Waals surface area contributed by atoms with Gasteiger partial charge in [0.15, 0.2) is 0 Å². The molecular formula is C14H16F3N3O3. The van der Waals surface area contributed by atoms with E-state index in [9.17, 15) is 28.1 Å². The smallest absolute Gasteiger partial charge is 0.371 e. The van der Waals surface area contributed by atoms with E-state index in [-0.39, 0.29) is 24.6 Å². The van der Waals surface area contributed by atoms with Gasteiger partial charge >= 0.3 is 6.18 Å². The Labute approximate surface area is 130 Å². The molecule has 0 aliphatic carbocycles. The number of nitro benzene ring substituents is 1. The molecule has 1 aliphatic heterocycles. The third-order valence-electron chi connectivity index (χ3n) is 3.85. The zero-order chi connectivity index (χ0) is 17.2. The van der Waals surface area contributed by atoms with Crippen molar-refractivity contribution in [2.75, 3.05) is 18.0 Å². The first-order valence-electron chi connectivity index (χ1n) is 7.07. The van der Waals surface area contributed by atoms with Crippen LogP contribution in [0.15, 0.2) is 18.2 Å². The van der Waals surface area contributed by atoms with Crippen LogP contribution in [0.5, 0.6) is 0 Å². The Morgan fingerprint density at radius 2 is 2.13 bits per heavy atom. The number of amides is 1. The number of nitrogens with zero attached hydrogens (tertiary/aromatic N) is 2. The second kappa shape index (κ2) is 6.43. The lowest BCUT2D eigenvalue weighted by Gasteiger charge is -2.35. The summed E-state index contributed by atoms with van der Waals surface area (Å²) in [5, 5.41) is 10.9. The molecule has 1 heterocycles. The lowest BCUT2D eigenvalue weighted by Crippen LogP contribution is -2.38. The number of halogens is 3. The highest BCUT2D eigenvalue weighted by atomic mass is 19.4. The Balaban J connectivity index is 2.37. The maximum Gasteiger partial charge on any atom is 0.418 e. The Morgan fingerprint density at radius 3 is 2.70 bits per heavy atom. The maximum atomic E-state index is 13.2. The van der Waals surface area contributed by atoms with E-state index in [1.165, 1.54) is 4.90 Å². The molecule has 1 atom stereocenters. The van der Waals surface area contributed by atoms with Crippen molar-refractivity contribution in [1.82, 2.24) is 0 Å². The largest absolute Gasteiger partial charge is 0.418 e. The lowest BCUT2D eigenvalue weighted by atomic mass is 9.93. The van der Waals surface area contributed by atoms with Crippen LogP contribution in [0.1, 0.15) is 24.8 Å². The highest BCUT2D eigenvalue weighted by Gasteiger charge is 2.37. The molecule has 0 bridgehead atoms. The number of carbonyl (C=O) groups excluding carboxylic acids is 1. The zero-order valence-electron chi connectivity index (χ0n) is 12.2. The van der Waals surface area contributed by atoms with Gasteiger partial charge in [-0.3, -0.25) is 14.9 Å². The molecule has 1 fully saturated rings. The molecule has 0 spiro atoms. The first-order chi connectivity index (χ1) is 10.7. The minimum absolute atomic E-state index is 0.0901. The summed E-state index contributed by atoms with van der Waals surface area (Å²) in [6, 6.07) is 2.51. The van der Waals surface area contributed by atoms with Gasteiger partial charge in [-0.1, -0.05) is 0 Å². The van der Waals surface area contributed by atoms with Crippen molar-refractivity contribution in [3.05, 3.63) is 33.9 Å². The standard InChI is InChI=1S/C14H16F3N3O3/c15-14(16,17)11-4-3-10(20(22)23)7-12(11)19-5-1-2-9(8-19)6-13(18)21/h3-4,7,9H,1-2,5-6,8H2,(H2,18,21). The van der Waals surface area contributed by atoms with Gasteiger partial charge in [0.25, 0.3) is 5.69 Å². The normalized spacial score (nSPS) is 18.7. The average molecular weight is 331 g/mol. The van der Waals surface area contributed by atoms with Crippen LogP contribution >= 0.6 is 0 Å². The molecule has 1 aromatic carbocycles. The van der Waals surface area contributed by atoms with Gasteiger partial charge in [-0.25, -0.2) is 0 Å². The molecule has 1 unspecified atom stereocenters. The number of nitrogens with two attached hydrogens (primary N) is 1. The highest BCUT2D eigenvalue weighted by Crippen LogP contribution is 2.40. The maximum absolute atomic E-state index is 13.2. The van der Waals surface area contributed by atoms with Crippen LogP contribution in [0.2, 0.25) is 0 Å². The Hall–Kier alpha value is -2.32. The molecule has 2 N–H and O–H groups in total. The highest BCUT2D eigenvalue weighted by molar-refractivity contribution is 5.74. The van der Waals surface area contributed by atoms with Gasteiger partial charge in [0.2, 0.25) is 5.91 Å². The van der Waals surface area contributed by atoms with E-state index >= 15 is 0 Å². The molecule has 1 aliphatic rings. The molecule has 0 aromatic heterocycles. The predicted octanol–water partition coefficient (Wildman–Crippen LogP) is 2.71. The van der Waals surface area contributed by atoms with Crippen molar-refractivity contribution < 1.29 is 22.9 Å². The van der Waals surface area contributed by atoms with Crippen LogP contribution in [0.4, 0.5) is 24.5 Å². The number of rotatable bonds is 4. The predicted molar refractivity (Wildman–Crippen MR) is 76.8 cm³/mol. The number of piperidine rings is 1. The number of primary amides is 1. The fourth-order valence-electron chi connectivity index (χ4n) is 2.87. The van der Waals surface area contributed by atoms with E-state index in [0.717, 1.165) is 18.2 Å². The summed E-state index contributed by atoms with van der Waals surface area (Å²) >= 11 is 0. The van der Waals surface area contributed by atoms with Crippen LogP contribution in [-0.4, -0.2) is 23.9 Å². The molecule has 0 radical (unpaired) electrons. The Bertz CT molecular complexity index is 619. The average Bonchev–Trinajstić information content (AvgIpc) is 2.45. The minimum atomic E-state index is -4.61. The number of hydrogen-bond donors (Lipinski definition) is 1. The van der Waals surface area contributed by atoms with Crippen LogP contribution in [0, 0.1) is 16.0 Å². The number of non-ortho nitro benzene ring substituents is 1. The van der Waals surface area contributed by atoms with E-state index in [2.05, 4.69) is 0 Å². The van der Waals surface area contributed by atoms with Gasteiger partial charge in [0.05, 0.1) is 16.2 Å². The molecule has 2 rings (SSSR count). The second-order valence-electron chi connectivity index (χ2n) is 5.58. The van der Waals surface area contributed by atoms with Gasteiger partial charge < -0.3 is 10.6 Å². The molecule has 6 nitrogen and oxygen atoms in total. The summed E-state index contributed by atoms with van der Waals surface area (Å²) in [5.74, 6) is -0.659. The van der Waals surface area contributed by atoms with Crippen molar-refractivity contribution in [2.24, 2.45) is 11.7 Å². The number of anilines is 1. The van der Waals surface area contributed by atoms with E-state index in [4.69, 9.17) is 5.73 Å². The minimum Gasteiger partial charge on any atom is -0.371 e. The third-order valence-corrected chi connectivity index (χ3v) is 3.85. The Kier molecular flexibility index (Phi) is 4.76. The van der Waals surface area contributed by atoms with Gasteiger partial charge in [-0.15, -0.1) is 0 Å². The van der Waals surface area contributed by atoms with Crippen LogP contribution in [0.3, 0.4) is 0 Å². The van der Waals surface area contributed by atoms with Crippen molar-refractivity contribution in [3.8, 4) is 0 Å². The molecule has 0 saturated carbocycles. The number of benzene rings is 1. The number of nitro groups is 1. The Morgan fingerprint density at radius 1 is 1.43 bits per heavy atom. The van der Waals surface area contributed by atoms with Gasteiger partial charge in [-0.2, -0.15) is 13.2 Å². The van der Waals surface area contributed by atoms with Crippen LogP contribution in [-0.2, 0) is 11.0 Å². The summed E-state index contributed by atoms with van der Waals surface area (Å²) in [5.41, 5.74) is 3.61. The van der Waals surface area contributed by atoms with Crippen molar-refractivity contribution in [2.45, 2.75) is 25.4 Å². The second-order valence-corrected chi connectivity index (χ2v) is 5.58. The zero-order valence-corrected chi connectivity index (χ0v) is 12.2. The van der Waals surface area contributed by atoms with Gasteiger partial charge in [0, 0.05) is 31.6 Å². The lowest BCUT2D eigenvalue weighted by molar-refractivity contribution is -0.384. The molecular weight excluding hydrogens is 315 g/mol. The van der Waals surface area contributed by atoms with E-state index in [1.807, 2.05) is 0 Å². The van der Waals surface area contributed by atoms with Crippen molar-refractivity contribution in [1.29, 1.82) is 0 Å². The van der Waals surface area contributed by atoms with Crippen molar-refractivity contribution >= 4 is 17.3 Å². The number of carbonyl (C=O) groups is 1. The molecule has 9 heteroatoms. The first kappa shape index (κ1) is 17.0. The van der Waals surface area contributed by atoms with E-state index < -0.39 is 28.3 Å². The molecule has 1 aromatic rings. The summed E-state index contributed by atoms with van der Waals surface area (Å²) in [4.78, 5) is 22.6. The third kappa shape index (κ3) is 4.11. The topological polar surface area (TPSA) is 89.5 Å². The van der Waals surface area contributed by atoms with Crippen LogP contribution in [0.25, 0.3) is 0 Å². The van der Waals surface area contributed by atoms with Gasteiger partial charge in [-0.05, 0) is 24.8 Å². The summed E-state index contributed by atoms with van der Waals surface area (Å²) < 4.78 is 39.5. The van der Waals surface area contributed by atoms with Crippen molar-refractivity contribution in [3.63, 3.8) is 0 Å². The van der Waals surface area contributed by atoms with Crippen LogP contribution < -0.4 is 10.6 Å². The van der Waals surface area contributed by atoms with E-state index in [0.29, 0.717) is 19.4 Å². The summed E-state index contributed by atoms with van der Waals surface area (Å²) in [6.45, 7) is 0.562. The van der Waals surface area contributed by atoms with Gasteiger partial charge in [0.1, 0.15) is 0 Å². The first-order valence-corrected chi connectivity index (χ1v) is 7.07. The SMILES string of the molecule is NC(=O)CC1CCCN(c2cc([N+](=O)[O-])ccc2C(F)(F)F)C1. The fourth-order valence-corrected chi connectivity index (χ4v) is 2.87. The molecule has 1 amide bonds. The molecule has 1 saturated heterocycles. The summed E-state index contributed by atoms with van der Waals surface area (Å²) in [6.07, 6.45) is -3.23.